The minimum atomic E-state index is -4.81. The van der Waals surface area contributed by atoms with Crippen molar-refractivity contribution in [2.75, 3.05) is 0 Å². The maximum atomic E-state index is 12.4. The number of carbonyl (C=O) groups excluding carboxylic acids is 1. The van der Waals surface area contributed by atoms with E-state index in [0.29, 0.717) is 0 Å². The first-order valence-corrected chi connectivity index (χ1v) is 4.36. The van der Waals surface area contributed by atoms with E-state index in [4.69, 9.17) is 0 Å². The molecule has 0 bridgehead atoms. The molecular weight excluding hydrogens is 183 g/mol. The Bertz CT molecular complexity index is 397. The molecule has 1 rings (SSSR count). The van der Waals surface area contributed by atoms with Gasteiger partial charge in [0.05, 0.1) is 0 Å². The molecule has 0 N–H and O–H groups in total. The topological polar surface area (TPSA) is 51.2 Å². The van der Waals surface area contributed by atoms with Gasteiger partial charge in [-0.3, -0.25) is 4.79 Å². The highest BCUT2D eigenvalue weighted by atomic mass is 32.3. The third kappa shape index (κ3) is 1.68. The van der Waals surface area contributed by atoms with Crippen molar-refractivity contribution >= 4 is 16.5 Å². The second kappa shape index (κ2) is 3.02. The van der Waals surface area contributed by atoms with Crippen LogP contribution in [0, 0.1) is 0 Å². The molecule has 0 aromatic heterocycles. The van der Waals surface area contributed by atoms with Crippen molar-refractivity contribution in [2.45, 2.75) is 4.90 Å². The minimum absolute atomic E-state index is 0.292. The summed E-state index contributed by atoms with van der Waals surface area (Å²) in [6, 6.07) is 4.94. The van der Waals surface area contributed by atoms with Gasteiger partial charge in [0.1, 0.15) is 4.90 Å². The Morgan fingerprint density at radius 3 is 2.25 bits per heavy atom. The van der Waals surface area contributed by atoms with Crippen LogP contribution in [0.1, 0.15) is 5.56 Å². The zero-order valence-electron chi connectivity index (χ0n) is 5.82. The first kappa shape index (κ1) is 8.86. The molecule has 0 saturated carbocycles. The average molecular weight is 187 g/mol. The van der Waals surface area contributed by atoms with Crippen LogP contribution in [0.2, 0.25) is 0 Å². The average Bonchev–Trinajstić information content (AvgIpc) is 2.03. The van der Waals surface area contributed by atoms with E-state index in [1.54, 1.807) is 0 Å². The highest BCUT2D eigenvalue weighted by Gasteiger charge is 2.15. The minimum Gasteiger partial charge on any atom is -0.285 e. The molecule has 0 aliphatic carbocycles. The Kier molecular flexibility index (Phi) is 2.23. The normalized spacial score (nSPS) is 11.1. The van der Waals surface area contributed by atoms with Gasteiger partial charge in [-0.05, 0) is 12.1 Å². The molecule has 0 unspecified atom stereocenters. The molecule has 5 heteroatoms. The van der Waals surface area contributed by atoms with Gasteiger partial charge in [0.25, 0.3) is 0 Å². The number of halogens is 1. The van der Waals surface area contributed by atoms with E-state index in [-0.39, 0.29) is 5.56 Å². The smallest absolute Gasteiger partial charge is 0.285 e. The predicted octanol–water partition coefficient (Wildman–Crippen LogP) is 0.803. The lowest BCUT2D eigenvalue weighted by molar-refractivity contribution is 0.547. The Morgan fingerprint density at radius 2 is 1.83 bits per heavy atom. The summed E-state index contributed by atoms with van der Waals surface area (Å²) in [6.07, 6.45) is 1.33. The van der Waals surface area contributed by atoms with Gasteiger partial charge in [-0.25, -0.2) is 0 Å². The van der Waals surface area contributed by atoms with Crippen molar-refractivity contribution in [3.8, 4) is 0 Å². The van der Waals surface area contributed by atoms with Crippen molar-refractivity contribution in [3.05, 3.63) is 29.8 Å². The molecule has 1 aromatic carbocycles. The Morgan fingerprint density at radius 1 is 1.25 bits per heavy atom. The summed E-state index contributed by atoms with van der Waals surface area (Å²) in [5, 5.41) is 0. The molecule has 3 nitrogen and oxygen atoms in total. The maximum Gasteiger partial charge on any atom is 0.332 e. The van der Waals surface area contributed by atoms with Crippen molar-refractivity contribution in [2.24, 2.45) is 0 Å². The van der Waals surface area contributed by atoms with Crippen molar-refractivity contribution < 1.29 is 17.1 Å². The highest BCUT2D eigenvalue weighted by molar-refractivity contribution is 7.86. The number of rotatable bonds is 2. The van der Waals surface area contributed by atoms with E-state index in [1.165, 1.54) is 24.5 Å². The van der Waals surface area contributed by atoms with Crippen molar-refractivity contribution in [1.82, 2.24) is 0 Å². The van der Waals surface area contributed by atoms with E-state index in [1.807, 2.05) is 0 Å². The van der Waals surface area contributed by atoms with Gasteiger partial charge in [0.15, 0.2) is 0 Å². The molecule has 0 heterocycles. The second-order valence-electron chi connectivity index (χ2n) is 2.04. The molecule has 12 heavy (non-hydrogen) atoms. The van der Waals surface area contributed by atoms with Crippen LogP contribution in [-0.2, 0) is 15.0 Å². The van der Waals surface area contributed by atoms with Crippen LogP contribution < -0.4 is 0 Å². The van der Waals surface area contributed by atoms with Crippen LogP contribution in [0.3, 0.4) is 0 Å². The molecule has 0 saturated heterocycles. The lowest BCUT2D eigenvalue weighted by Gasteiger charge is -1.95. The lowest BCUT2D eigenvalue weighted by atomic mass is 10.2. The van der Waals surface area contributed by atoms with Gasteiger partial charge >= 0.3 is 10.2 Å². The first-order chi connectivity index (χ1) is 5.55. The molecule has 0 aliphatic rings. The van der Waals surface area contributed by atoms with Gasteiger partial charge in [-0.1, -0.05) is 12.1 Å². The van der Waals surface area contributed by atoms with Crippen LogP contribution in [-0.4, -0.2) is 14.7 Å². The summed E-state index contributed by atoms with van der Waals surface area (Å²) in [5.74, 6) is 0. The SMILES string of the molecule is O=[C]c1ccccc1S(=O)(=O)F. The fourth-order valence-corrected chi connectivity index (χ4v) is 1.38. The summed E-state index contributed by atoms with van der Waals surface area (Å²) < 4.78 is 33.1. The molecule has 0 spiro atoms. The zero-order chi connectivity index (χ0) is 9.19. The molecule has 0 fully saturated rings. The fourth-order valence-electron chi connectivity index (χ4n) is 0.764. The Labute approximate surface area is 69.0 Å². The van der Waals surface area contributed by atoms with Gasteiger partial charge in [-0.2, -0.15) is 8.42 Å². The highest BCUT2D eigenvalue weighted by Crippen LogP contribution is 2.15. The summed E-state index contributed by atoms with van der Waals surface area (Å²) in [7, 11) is -4.81. The van der Waals surface area contributed by atoms with E-state index in [0.717, 1.165) is 6.07 Å². The number of hydrogen-bond acceptors (Lipinski definition) is 3. The molecular formula is C7H4FO3S. The van der Waals surface area contributed by atoms with Crippen molar-refractivity contribution in [1.29, 1.82) is 0 Å². The summed E-state index contributed by atoms with van der Waals surface area (Å²) in [4.78, 5) is 9.48. The van der Waals surface area contributed by atoms with E-state index in [9.17, 15) is 17.1 Å². The standard InChI is InChI=1S/C7H4FO3S/c8-12(10,11)7-4-2-1-3-6(7)5-9/h1-4H. The number of benzene rings is 1. The molecule has 0 amide bonds. The fraction of sp³-hybridized carbons (Fsp3) is 0. The second-order valence-corrected chi connectivity index (χ2v) is 3.35. The molecule has 63 valence electrons. The van der Waals surface area contributed by atoms with Gasteiger partial charge in [-0.15, -0.1) is 3.89 Å². The molecule has 0 atom stereocenters. The van der Waals surface area contributed by atoms with Crippen LogP contribution in [0.4, 0.5) is 3.89 Å². The van der Waals surface area contributed by atoms with Crippen LogP contribution in [0.25, 0.3) is 0 Å². The van der Waals surface area contributed by atoms with Crippen LogP contribution in [0.5, 0.6) is 0 Å². The van der Waals surface area contributed by atoms with Crippen LogP contribution >= 0.6 is 0 Å². The first-order valence-electron chi connectivity index (χ1n) is 2.97. The largest absolute Gasteiger partial charge is 0.332 e. The van der Waals surface area contributed by atoms with E-state index in [2.05, 4.69) is 0 Å². The molecule has 1 radical (unpaired) electrons. The maximum absolute atomic E-state index is 12.4. The summed E-state index contributed by atoms with van der Waals surface area (Å²) in [6.45, 7) is 0. The van der Waals surface area contributed by atoms with Gasteiger partial charge < -0.3 is 0 Å². The third-order valence-electron chi connectivity index (χ3n) is 1.26. The van der Waals surface area contributed by atoms with Crippen LogP contribution in [0.15, 0.2) is 29.2 Å². The zero-order valence-corrected chi connectivity index (χ0v) is 6.64. The van der Waals surface area contributed by atoms with Gasteiger partial charge in [0, 0.05) is 5.56 Å². The predicted molar refractivity (Wildman–Crippen MR) is 39.5 cm³/mol. The van der Waals surface area contributed by atoms with Gasteiger partial charge in [0.2, 0.25) is 6.29 Å². The summed E-state index contributed by atoms with van der Waals surface area (Å²) >= 11 is 0. The quantitative estimate of drug-likeness (QED) is 0.643. The van der Waals surface area contributed by atoms with Crippen molar-refractivity contribution in [3.63, 3.8) is 0 Å². The number of hydrogen-bond donors (Lipinski definition) is 0. The lowest BCUT2D eigenvalue weighted by Crippen LogP contribution is -1.97. The van der Waals surface area contributed by atoms with E-state index >= 15 is 0 Å². The monoisotopic (exact) mass is 187 g/mol. The Hall–Kier alpha value is -1.23. The molecule has 1 aromatic rings. The Balaban J connectivity index is 3.43. The third-order valence-corrected chi connectivity index (χ3v) is 2.14. The summed E-state index contributed by atoms with van der Waals surface area (Å²) in [5.41, 5.74) is -0.292. The molecule has 0 aliphatic heterocycles. The van der Waals surface area contributed by atoms with E-state index < -0.39 is 15.1 Å².